The van der Waals surface area contributed by atoms with Crippen LogP contribution in [0.2, 0.25) is 0 Å². The molecule has 0 aromatic heterocycles. The normalized spacial score (nSPS) is 47.3. The van der Waals surface area contributed by atoms with Crippen LogP contribution in [-0.4, -0.2) is 48.1 Å². The molecule has 2 heteroatoms. The van der Waals surface area contributed by atoms with Crippen molar-refractivity contribution in [2.24, 2.45) is 11.8 Å². The van der Waals surface area contributed by atoms with E-state index in [1.54, 1.807) is 6.42 Å². The highest BCUT2D eigenvalue weighted by Crippen LogP contribution is 2.42. The first-order valence-electron chi connectivity index (χ1n) is 7.90. The van der Waals surface area contributed by atoms with Crippen LogP contribution in [0.25, 0.3) is 0 Å². The van der Waals surface area contributed by atoms with Crippen molar-refractivity contribution < 1.29 is 0 Å². The molecule has 0 aromatic carbocycles. The molecule has 0 aromatic rings. The maximum atomic E-state index is 2.87. The molecular weight excluding hydrogens is 208 g/mol. The minimum absolute atomic E-state index is 0.961. The van der Waals surface area contributed by atoms with Crippen LogP contribution in [0.15, 0.2) is 0 Å². The molecule has 17 heavy (non-hydrogen) atoms. The highest BCUT2D eigenvalue weighted by atomic mass is 15.3. The molecule has 4 heterocycles. The molecule has 0 amide bonds. The molecule has 4 saturated heterocycles. The number of fused-ring (bicyclic) bond motifs is 6. The Morgan fingerprint density at radius 2 is 1.18 bits per heavy atom. The van der Waals surface area contributed by atoms with E-state index in [1.165, 1.54) is 64.7 Å². The summed E-state index contributed by atoms with van der Waals surface area (Å²) in [4.78, 5) is 5.74. The fourth-order valence-electron chi connectivity index (χ4n) is 5.25. The molecule has 2 nitrogen and oxygen atoms in total. The van der Waals surface area contributed by atoms with E-state index in [-0.39, 0.29) is 0 Å². The van der Waals surface area contributed by atoms with Crippen molar-refractivity contribution >= 4 is 0 Å². The average Bonchev–Trinajstić information content (AvgIpc) is 2.39. The highest BCUT2D eigenvalue weighted by molar-refractivity contribution is 5.00. The first kappa shape index (κ1) is 10.8. The zero-order chi connectivity index (χ0) is 11.2. The largest absolute Gasteiger partial charge is 0.300 e. The summed E-state index contributed by atoms with van der Waals surface area (Å²) in [6, 6.07) is 1.92. The quantitative estimate of drug-likeness (QED) is 0.635. The van der Waals surface area contributed by atoms with Crippen molar-refractivity contribution in [3.63, 3.8) is 0 Å². The van der Waals surface area contributed by atoms with E-state index in [4.69, 9.17) is 0 Å². The predicted molar refractivity (Wildman–Crippen MR) is 70.0 cm³/mol. The van der Waals surface area contributed by atoms with Crippen LogP contribution in [0.5, 0.6) is 0 Å². The van der Waals surface area contributed by atoms with Crippen LogP contribution in [-0.2, 0) is 0 Å². The van der Waals surface area contributed by atoms with Crippen molar-refractivity contribution in [3.05, 3.63) is 0 Å². The van der Waals surface area contributed by atoms with Crippen LogP contribution < -0.4 is 0 Å². The van der Waals surface area contributed by atoms with E-state index in [1.807, 2.05) is 0 Å². The third-order valence-electron chi connectivity index (χ3n) is 5.96. The second-order valence-electron chi connectivity index (χ2n) is 6.87. The molecule has 0 radical (unpaired) electrons. The lowest BCUT2D eigenvalue weighted by atomic mass is 9.71. The van der Waals surface area contributed by atoms with Crippen LogP contribution in [0.4, 0.5) is 0 Å². The molecule has 4 rings (SSSR count). The number of nitrogens with zero attached hydrogens (tertiary/aromatic N) is 2. The lowest BCUT2D eigenvalue weighted by Crippen LogP contribution is -2.63. The van der Waals surface area contributed by atoms with Crippen molar-refractivity contribution in [1.29, 1.82) is 0 Å². The second kappa shape index (κ2) is 4.24. The Kier molecular flexibility index (Phi) is 2.69. The molecule has 2 unspecified atom stereocenters. The molecular formula is C15H26N2. The first-order chi connectivity index (χ1) is 8.42. The Labute approximate surface area is 105 Å². The fourth-order valence-corrected chi connectivity index (χ4v) is 5.25. The third-order valence-corrected chi connectivity index (χ3v) is 5.96. The average molecular weight is 234 g/mol. The maximum Gasteiger partial charge on any atom is 0.0136 e. The van der Waals surface area contributed by atoms with Gasteiger partial charge in [-0.15, -0.1) is 0 Å². The zero-order valence-corrected chi connectivity index (χ0v) is 11.0. The van der Waals surface area contributed by atoms with E-state index in [0.717, 1.165) is 23.9 Å². The van der Waals surface area contributed by atoms with Gasteiger partial charge in [-0.3, -0.25) is 9.80 Å². The smallest absolute Gasteiger partial charge is 0.0136 e. The second-order valence-corrected chi connectivity index (χ2v) is 6.87. The third kappa shape index (κ3) is 1.76. The van der Waals surface area contributed by atoms with Gasteiger partial charge in [0, 0.05) is 25.2 Å². The van der Waals surface area contributed by atoms with Crippen molar-refractivity contribution in [1.82, 2.24) is 9.80 Å². The van der Waals surface area contributed by atoms with Gasteiger partial charge in [0.05, 0.1) is 0 Å². The van der Waals surface area contributed by atoms with Gasteiger partial charge in [0.2, 0.25) is 0 Å². The summed E-state index contributed by atoms with van der Waals surface area (Å²) < 4.78 is 0. The van der Waals surface area contributed by atoms with E-state index < -0.39 is 0 Å². The molecule has 4 fully saturated rings. The van der Waals surface area contributed by atoms with Crippen molar-refractivity contribution in [3.8, 4) is 0 Å². The Morgan fingerprint density at radius 3 is 1.71 bits per heavy atom. The van der Waals surface area contributed by atoms with E-state index >= 15 is 0 Å². The number of piperidine rings is 4. The molecule has 2 bridgehead atoms. The minimum Gasteiger partial charge on any atom is -0.300 e. The summed E-state index contributed by atoms with van der Waals surface area (Å²) in [6.07, 6.45) is 10.5. The number of rotatable bonds is 0. The molecule has 0 aliphatic carbocycles. The van der Waals surface area contributed by atoms with E-state index in [0.29, 0.717) is 0 Å². The Bertz CT molecular complexity index is 263. The first-order valence-corrected chi connectivity index (χ1v) is 7.90. The number of hydrogen-bond acceptors (Lipinski definition) is 2. The fraction of sp³-hybridized carbons (Fsp3) is 1.00. The van der Waals surface area contributed by atoms with Gasteiger partial charge in [0.15, 0.2) is 0 Å². The molecule has 4 aliphatic rings. The van der Waals surface area contributed by atoms with Gasteiger partial charge >= 0.3 is 0 Å². The Balaban J connectivity index is 1.56. The molecule has 4 atom stereocenters. The molecule has 0 spiro atoms. The summed E-state index contributed by atoms with van der Waals surface area (Å²) in [5, 5.41) is 0. The van der Waals surface area contributed by atoms with Crippen LogP contribution >= 0.6 is 0 Å². The van der Waals surface area contributed by atoms with Gasteiger partial charge in [0.25, 0.3) is 0 Å². The lowest BCUT2D eigenvalue weighted by Gasteiger charge is -2.57. The zero-order valence-electron chi connectivity index (χ0n) is 11.0. The standard InChI is InChI=1S/C15H26N2/c1-3-7-16-11-13-9-12(14(16)5-1)10-17-8-4-2-6-15(13)17/h12-15H,1-11H2/t12-,13-,14?,15?/m1/s1. The van der Waals surface area contributed by atoms with Crippen molar-refractivity contribution in [2.45, 2.75) is 57.0 Å². The topological polar surface area (TPSA) is 6.48 Å². The minimum atomic E-state index is 0.961. The summed E-state index contributed by atoms with van der Waals surface area (Å²) in [5.41, 5.74) is 0. The van der Waals surface area contributed by atoms with Gasteiger partial charge < -0.3 is 0 Å². The van der Waals surface area contributed by atoms with Crippen LogP contribution in [0, 0.1) is 11.8 Å². The molecule has 0 N–H and O–H groups in total. The molecule has 4 aliphatic heterocycles. The van der Waals surface area contributed by atoms with Crippen LogP contribution in [0.1, 0.15) is 44.9 Å². The molecule has 0 saturated carbocycles. The maximum absolute atomic E-state index is 2.87. The number of hydrogen-bond donors (Lipinski definition) is 0. The predicted octanol–water partition coefficient (Wildman–Crippen LogP) is 2.35. The van der Waals surface area contributed by atoms with E-state index in [2.05, 4.69) is 9.80 Å². The van der Waals surface area contributed by atoms with E-state index in [9.17, 15) is 0 Å². The van der Waals surface area contributed by atoms with Gasteiger partial charge in [-0.1, -0.05) is 12.8 Å². The SMILES string of the molecule is C1CCN2C[C@H]3C[C@H](CN4CCCCC34)C2C1. The summed E-state index contributed by atoms with van der Waals surface area (Å²) in [6.45, 7) is 5.68. The Hall–Kier alpha value is -0.0800. The van der Waals surface area contributed by atoms with Gasteiger partial charge in [0.1, 0.15) is 0 Å². The van der Waals surface area contributed by atoms with Gasteiger partial charge in [-0.05, 0) is 57.0 Å². The lowest BCUT2D eigenvalue weighted by molar-refractivity contribution is -0.0718. The Morgan fingerprint density at radius 1 is 0.647 bits per heavy atom. The van der Waals surface area contributed by atoms with Crippen LogP contribution in [0.3, 0.4) is 0 Å². The highest BCUT2D eigenvalue weighted by Gasteiger charge is 2.46. The molecule has 96 valence electrons. The summed E-state index contributed by atoms with van der Waals surface area (Å²) >= 11 is 0. The monoisotopic (exact) mass is 234 g/mol. The summed E-state index contributed by atoms with van der Waals surface area (Å²) in [7, 11) is 0. The van der Waals surface area contributed by atoms with Gasteiger partial charge in [-0.25, -0.2) is 0 Å². The van der Waals surface area contributed by atoms with Crippen molar-refractivity contribution in [2.75, 3.05) is 26.2 Å². The van der Waals surface area contributed by atoms with Gasteiger partial charge in [-0.2, -0.15) is 0 Å². The summed E-state index contributed by atoms with van der Waals surface area (Å²) in [5.74, 6) is 2.03.